The zero-order chi connectivity index (χ0) is 23.4. The number of hydrogen-bond acceptors (Lipinski definition) is 2. The molecule has 0 unspecified atom stereocenters. The smallest absolute Gasteiger partial charge is 0.321 e. The molecule has 6 heteroatoms. The fourth-order valence-electron chi connectivity index (χ4n) is 3.82. The van der Waals surface area contributed by atoms with Crippen LogP contribution in [-0.4, -0.2) is 22.5 Å². The Balaban J connectivity index is 1.62. The number of aryl methyl sites for hydroxylation is 2. The molecular weight excluding hydrogens is 434 g/mol. The van der Waals surface area contributed by atoms with Gasteiger partial charge in [0, 0.05) is 22.8 Å². The molecule has 2 N–H and O–H groups in total. The van der Waals surface area contributed by atoms with Gasteiger partial charge in [0.1, 0.15) is 0 Å². The number of nitrogens with one attached hydrogen (secondary N) is 2. The lowest BCUT2D eigenvalue weighted by Gasteiger charge is -2.23. The molecule has 0 aliphatic heterocycles. The Morgan fingerprint density at radius 1 is 1.00 bits per heavy atom. The van der Waals surface area contributed by atoms with Gasteiger partial charge < -0.3 is 15.2 Å². The molecule has 0 aliphatic rings. The molecule has 0 bridgehead atoms. The topological polar surface area (TPSA) is 65.2 Å². The van der Waals surface area contributed by atoms with E-state index in [-0.39, 0.29) is 18.1 Å². The van der Waals surface area contributed by atoms with Crippen molar-refractivity contribution in [3.05, 3.63) is 110 Å². The first-order chi connectivity index (χ1) is 15.9. The van der Waals surface area contributed by atoms with Crippen LogP contribution in [0, 0.1) is 13.8 Å². The molecule has 0 atom stereocenters. The van der Waals surface area contributed by atoms with E-state index in [0.717, 1.165) is 27.6 Å². The lowest BCUT2D eigenvalue weighted by molar-refractivity contribution is 0.209. The Labute approximate surface area is 198 Å². The molecule has 168 valence electrons. The summed E-state index contributed by atoms with van der Waals surface area (Å²) in [6.07, 6.45) is 0.674. The van der Waals surface area contributed by atoms with Crippen LogP contribution in [0.3, 0.4) is 0 Å². The van der Waals surface area contributed by atoms with Crippen molar-refractivity contribution < 1.29 is 4.79 Å². The van der Waals surface area contributed by atoms with Gasteiger partial charge in [-0.15, -0.1) is 0 Å². The van der Waals surface area contributed by atoms with Crippen LogP contribution in [0.25, 0.3) is 10.9 Å². The molecule has 2 amide bonds. The average molecular weight is 460 g/mol. The molecule has 0 radical (unpaired) electrons. The summed E-state index contributed by atoms with van der Waals surface area (Å²) in [5.41, 5.74) is 5.10. The molecule has 33 heavy (non-hydrogen) atoms. The summed E-state index contributed by atoms with van der Waals surface area (Å²) in [5, 5.41) is 4.39. The van der Waals surface area contributed by atoms with Gasteiger partial charge in [-0.2, -0.15) is 0 Å². The zero-order valence-electron chi connectivity index (χ0n) is 18.7. The van der Waals surface area contributed by atoms with E-state index in [1.54, 1.807) is 29.2 Å². The third kappa shape index (κ3) is 5.44. The van der Waals surface area contributed by atoms with Gasteiger partial charge in [0.2, 0.25) is 0 Å². The first-order valence-corrected chi connectivity index (χ1v) is 11.3. The average Bonchev–Trinajstić information content (AvgIpc) is 2.80. The van der Waals surface area contributed by atoms with Crippen molar-refractivity contribution in [2.75, 3.05) is 11.9 Å². The van der Waals surface area contributed by atoms with Crippen molar-refractivity contribution in [3.63, 3.8) is 0 Å². The highest BCUT2D eigenvalue weighted by molar-refractivity contribution is 6.30. The largest absolute Gasteiger partial charge is 0.322 e. The quantitative estimate of drug-likeness (QED) is 0.367. The fourth-order valence-corrected chi connectivity index (χ4v) is 4.01. The normalized spacial score (nSPS) is 10.9. The molecule has 0 saturated carbocycles. The summed E-state index contributed by atoms with van der Waals surface area (Å²) in [5.74, 6) is 0. The monoisotopic (exact) mass is 459 g/mol. The highest BCUT2D eigenvalue weighted by Crippen LogP contribution is 2.20. The van der Waals surface area contributed by atoms with Crippen LogP contribution in [0.5, 0.6) is 0 Å². The van der Waals surface area contributed by atoms with E-state index in [9.17, 15) is 9.59 Å². The van der Waals surface area contributed by atoms with Crippen LogP contribution in [0.2, 0.25) is 5.02 Å². The molecule has 0 aliphatic carbocycles. The molecule has 4 rings (SSSR count). The Morgan fingerprint density at radius 3 is 2.55 bits per heavy atom. The van der Waals surface area contributed by atoms with Gasteiger partial charge in [-0.25, -0.2) is 4.79 Å². The van der Waals surface area contributed by atoms with E-state index < -0.39 is 0 Å². The predicted octanol–water partition coefficient (Wildman–Crippen LogP) is 6.08. The Kier molecular flexibility index (Phi) is 6.80. The van der Waals surface area contributed by atoms with Crippen molar-refractivity contribution >= 4 is 34.2 Å². The van der Waals surface area contributed by atoms with Gasteiger partial charge >= 0.3 is 6.03 Å². The number of H-pyrrole nitrogens is 1. The van der Waals surface area contributed by atoms with Crippen molar-refractivity contribution in [2.45, 2.75) is 26.8 Å². The number of pyridine rings is 1. The lowest BCUT2D eigenvalue weighted by atomic mass is 10.0. The minimum Gasteiger partial charge on any atom is -0.321 e. The standard InChI is InChI=1S/C27H26ClN3O2/c1-18-11-12-21-15-22(26(32)30-25(21)19(18)2)17-31(14-13-20-7-4-3-5-8-20)27(33)29-24-10-6-9-23(28)16-24/h3-12,15-16H,13-14,17H2,1-2H3,(H,29,33)(H,30,32). The van der Waals surface area contributed by atoms with Crippen LogP contribution >= 0.6 is 11.6 Å². The van der Waals surface area contributed by atoms with Gasteiger partial charge in [0.15, 0.2) is 0 Å². The van der Waals surface area contributed by atoms with E-state index in [4.69, 9.17) is 11.6 Å². The van der Waals surface area contributed by atoms with Gasteiger partial charge in [0.25, 0.3) is 5.56 Å². The molecule has 4 aromatic rings. The number of carbonyl (C=O) groups excluding carboxylic acids is 1. The zero-order valence-corrected chi connectivity index (χ0v) is 19.4. The molecule has 3 aromatic carbocycles. The number of amides is 2. The Bertz CT molecular complexity index is 1350. The maximum atomic E-state index is 13.2. The summed E-state index contributed by atoms with van der Waals surface area (Å²) < 4.78 is 0. The van der Waals surface area contributed by atoms with E-state index in [0.29, 0.717) is 29.2 Å². The number of benzene rings is 3. The van der Waals surface area contributed by atoms with Gasteiger partial charge in [0.05, 0.1) is 12.1 Å². The molecule has 0 spiro atoms. The van der Waals surface area contributed by atoms with Crippen molar-refractivity contribution in [1.82, 2.24) is 9.88 Å². The summed E-state index contributed by atoms with van der Waals surface area (Å²) in [6.45, 7) is 4.67. The number of aromatic nitrogens is 1. The highest BCUT2D eigenvalue weighted by atomic mass is 35.5. The number of hydrogen-bond donors (Lipinski definition) is 2. The van der Waals surface area contributed by atoms with Crippen molar-refractivity contribution in [3.8, 4) is 0 Å². The molecule has 1 aromatic heterocycles. The van der Waals surface area contributed by atoms with Crippen molar-refractivity contribution in [1.29, 1.82) is 0 Å². The van der Waals surface area contributed by atoms with Gasteiger partial charge in [-0.05, 0) is 66.6 Å². The van der Waals surface area contributed by atoms with Crippen LogP contribution in [0.15, 0.2) is 77.6 Å². The number of aromatic amines is 1. The number of nitrogens with zero attached hydrogens (tertiary/aromatic N) is 1. The number of rotatable bonds is 6. The van der Waals surface area contributed by atoms with E-state index >= 15 is 0 Å². The third-order valence-electron chi connectivity index (χ3n) is 5.87. The second-order valence-corrected chi connectivity index (χ2v) is 8.63. The van der Waals surface area contributed by atoms with Gasteiger partial charge in [-0.3, -0.25) is 4.79 Å². The van der Waals surface area contributed by atoms with Crippen LogP contribution in [0.4, 0.5) is 10.5 Å². The summed E-state index contributed by atoms with van der Waals surface area (Å²) in [6, 6.07) is 22.6. The highest BCUT2D eigenvalue weighted by Gasteiger charge is 2.17. The van der Waals surface area contributed by atoms with Gasteiger partial charge in [-0.1, -0.05) is 60.1 Å². The maximum absolute atomic E-state index is 13.2. The SMILES string of the molecule is Cc1ccc2cc(CN(CCc3ccccc3)C(=O)Nc3cccc(Cl)c3)c(=O)[nH]c2c1C. The van der Waals surface area contributed by atoms with Crippen LogP contribution in [0.1, 0.15) is 22.3 Å². The Hall–Kier alpha value is -3.57. The first-order valence-electron chi connectivity index (χ1n) is 10.9. The predicted molar refractivity (Wildman–Crippen MR) is 135 cm³/mol. The second-order valence-electron chi connectivity index (χ2n) is 8.19. The molecule has 1 heterocycles. The molecular formula is C27H26ClN3O2. The maximum Gasteiger partial charge on any atom is 0.322 e. The fraction of sp³-hybridized carbons (Fsp3) is 0.185. The van der Waals surface area contributed by atoms with E-state index in [1.807, 2.05) is 62.4 Å². The molecule has 5 nitrogen and oxygen atoms in total. The molecule has 0 saturated heterocycles. The third-order valence-corrected chi connectivity index (χ3v) is 6.10. The van der Waals surface area contributed by atoms with Crippen LogP contribution < -0.4 is 10.9 Å². The number of anilines is 1. The molecule has 0 fully saturated rings. The first kappa shape index (κ1) is 22.6. The summed E-state index contributed by atoms with van der Waals surface area (Å²) in [7, 11) is 0. The summed E-state index contributed by atoms with van der Waals surface area (Å²) >= 11 is 6.07. The second kappa shape index (κ2) is 9.92. The number of halogens is 1. The van der Waals surface area contributed by atoms with E-state index in [1.165, 1.54) is 0 Å². The van der Waals surface area contributed by atoms with Crippen molar-refractivity contribution in [2.24, 2.45) is 0 Å². The number of fused-ring (bicyclic) bond motifs is 1. The minimum atomic E-state index is -0.284. The Morgan fingerprint density at radius 2 is 1.79 bits per heavy atom. The number of urea groups is 1. The summed E-state index contributed by atoms with van der Waals surface area (Å²) in [4.78, 5) is 30.8. The van der Waals surface area contributed by atoms with Crippen LogP contribution in [-0.2, 0) is 13.0 Å². The minimum absolute atomic E-state index is 0.184. The lowest BCUT2D eigenvalue weighted by Crippen LogP contribution is -2.37. The van der Waals surface area contributed by atoms with E-state index in [2.05, 4.69) is 10.3 Å². The number of carbonyl (C=O) groups is 1.